The van der Waals surface area contributed by atoms with E-state index in [-0.39, 0.29) is 125 Å². The van der Waals surface area contributed by atoms with Crippen molar-refractivity contribution in [2.24, 2.45) is 47.3 Å². The summed E-state index contributed by atoms with van der Waals surface area (Å²) in [5.41, 5.74) is 4.73. The first-order chi connectivity index (χ1) is 69.1. The second-order valence-electron chi connectivity index (χ2n) is 42.8. The molecule has 0 aliphatic carbocycles. The first-order valence-corrected chi connectivity index (χ1v) is 51.5. The normalized spacial score (nSPS) is 24.3. The standard InChI is InChI=1S/C56H80N6O12.C56H82N6O11/c1-34(2)27-43-53(67)71-39(10)50(64)59(12)46(30-37(7)8)56(70)74-48(32-41-21-23-42(24-22-41)33-62-26-18-25-57-62)52(66)61(14)44(28-35(3)4)54(68)72-38(9)49(63)58(11)45(29-36(5)6)55(69)73-47(51(65)60(43)13)31-40-19-16-15-17-20-40;1-35(2)26-45-53(66)70-39(9)50(63)60(13)48(29-38(7)8)56(69)73-49(31-41-18-16-15-17-19-41)52(65)61(14)46(27-36(3)4)54(67)71-40(10)51(64)59(12)47(28-37(5)6)55(68)72-44(33-58(45)11)30-42-20-22-43(23-21-42)32-62-25-24-57-34-62/h15-26,34-39,43-48H,27-33H2,1-14H3;15-25,34-40,44-49H,26-33H2,1-14H3/t38-,39-,43+,44+,45+,46+,47-,48-;39-,40-,44-,45+,46+,47+,48+,49-/m11/s1. The van der Waals surface area contributed by atoms with Crippen LogP contribution in [0.4, 0.5) is 0 Å². The number of amides is 7. The lowest BCUT2D eigenvalue weighted by Gasteiger charge is -2.35. The Hall–Kier alpha value is -12.7. The van der Waals surface area contributed by atoms with Gasteiger partial charge in [0, 0.05) is 113 Å². The largest absolute Gasteiger partial charge is 0.459 e. The Bertz CT molecular complexity index is 5250. The summed E-state index contributed by atoms with van der Waals surface area (Å²) >= 11 is 0. The predicted molar refractivity (Wildman–Crippen MR) is 553 cm³/mol. The van der Waals surface area contributed by atoms with Crippen molar-refractivity contribution in [3.63, 3.8) is 0 Å². The lowest BCUT2D eigenvalue weighted by Crippen LogP contribution is -2.55. The van der Waals surface area contributed by atoms with Gasteiger partial charge >= 0.3 is 47.8 Å². The third-order valence-corrected chi connectivity index (χ3v) is 26.2. The van der Waals surface area contributed by atoms with E-state index >= 15 is 0 Å². The van der Waals surface area contributed by atoms with Crippen LogP contribution in [-0.4, -0.2) is 308 Å². The summed E-state index contributed by atoms with van der Waals surface area (Å²) < 4.78 is 52.1. The molecule has 0 radical (unpaired) electrons. The maximum absolute atomic E-state index is 14.9. The minimum Gasteiger partial charge on any atom is -0.459 e. The Labute approximate surface area is 868 Å². The zero-order valence-corrected chi connectivity index (χ0v) is 91.6. The molecule has 2 saturated heterocycles. The molecule has 2 aliphatic rings. The number of carbonyl (C=O) groups is 15. The molecule has 808 valence electrons. The summed E-state index contributed by atoms with van der Waals surface area (Å²) in [4.78, 5) is 231. The summed E-state index contributed by atoms with van der Waals surface area (Å²) in [5, 5.41) is 4.27. The van der Waals surface area contributed by atoms with Crippen LogP contribution in [0.5, 0.6) is 0 Å². The van der Waals surface area contributed by atoms with Crippen LogP contribution in [0.15, 0.2) is 146 Å². The minimum atomic E-state index is -1.52. The maximum Gasteiger partial charge on any atom is 0.329 e. The molecular weight excluding hydrogens is 1880 g/mol. The molecule has 147 heavy (non-hydrogen) atoms. The summed E-state index contributed by atoms with van der Waals surface area (Å²) in [6, 6.07) is 25.4. The average molecular weight is 2040 g/mol. The molecule has 4 heterocycles. The molecule has 0 spiro atoms. The molecule has 2 aliphatic heterocycles. The fraction of sp³-hybridized carbons (Fsp3) is 0.598. The van der Waals surface area contributed by atoms with Crippen LogP contribution in [0.1, 0.15) is 223 Å². The van der Waals surface area contributed by atoms with Crippen molar-refractivity contribution in [1.29, 1.82) is 0 Å². The number of rotatable bonds is 28. The number of ether oxygens (including phenoxy) is 8. The van der Waals surface area contributed by atoms with E-state index < -0.39 is 186 Å². The van der Waals surface area contributed by atoms with Crippen molar-refractivity contribution in [2.75, 3.05) is 62.9 Å². The lowest BCUT2D eigenvalue weighted by atomic mass is 9.99. The van der Waals surface area contributed by atoms with Crippen LogP contribution in [0.3, 0.4) is 0 Å². The summed E-state index contributed by atoms with van der Waals surface area (Å²) in [7, 11) is 11.6. The number of likely N-dealkylation sites (N-methyl/N-ethyl adjacent to an activating group) is 8. The first-order valence-electron chi connectivity index (χ1n) is 51.5. The molecule has 0 N–H and O–H groups in total. The van der Waals surface area contributed by atoms with E-state index in [1.165, 1.54) is 91.7 Å². The minimum absolute atomic E-state index is 0.00725. The Morgan fingerprint density at radius 3 is 0.782 bits per heavy atom. The first kappa shape index (κ1) is 121. The van der Waals surface area contributed by atoms with E-state index in [4.69, 9.17) is 37.9 Å². The van der Waals surface area contributed by atoms with Crippen LogP contribution in [0.25, 0.3) is 0 Å². The molecule has 35 heteroatoms. The summed E-state index contributed by atoms with van der Waals surface area (Å²) in [6.07, 6.45) is -0.933. The summed E-state index contributed by atoms with van der Waals surface area (Å²) in [5.74, 6) is -12.7. The molecule has 16 atom stereocenters. The van der Waals surface area contributed by atoms with Gasteiger partial charge in [-0.25, -0.2) is 38.5 Å². The molecule has 0 saturated carbocycles. The van der Waals surface area contributed by atoms with Gasteiger partial charge in [-0.3, -0.25) is 47.9 Å². The Kier molecular flexibility index (Phi) is 47.5. The second-order valence-corrected chi connectivity index (χ2v) is 42.8. The van der Waals surface area contributed by atoms with Gasteiger partial charge in [-0.1, -0.05) is 220 Å². The van der Waals surface area contributed by atoms with Crippen molar-refractivity contribution >= 4 is 89.1 Å². The number of carbonyl (C=O) groups excluding carboxylic acids is 15. The van der Waals surface area contributed by atoms with Gasteiger partial charge in [0.15, 0.2) is 42.7 Å². The molecule has 0 unspecified atom stereocenters. The lowest BCUT2D eigenvalue weighted by molar-refractivity contribution is -0.176. The van der Waals surface area contributed by atoms with E-state index in [0.29, 0.717) is 36.2 Å². The number of imidazole rings is 1. The maximum atomic E-state index is 14.9. The van der Waals surface area contributed by atoms with Crippen LogP contribution >= 0.6 is 0 Å². The quantitative estimate of drug-likeness (QED) is 0.0325. The van der Waals surface area contributed by atoms with Crippen LogP contribution in [0.2, 0.25) is 0 Å². The van der Waals surface area contributed by atoms with Gasteiger partial charge in [0.25, 0.3) is 41.4 Å². The number of hydrogen-bond donors (Lipinski definition) is 0. The molecule has 2 aromatic heterocycles. The fourth-order valence-corrected chi connectivity index (χ4v) is 17.9. The van der Waals surface area contributed by atoms with Gasteiger partial charge in [0.2, 0.25) is 0 Å². The van der Waals surface area contributed by atoms with E-state index in [1.54, 1.807) is 102 Å². The number of aromatic nitrogens is 4. The topological polar surface area (TPSA) is 391 Å². The zero-order chi connectivity index (χ0) is 109. The number of benzene rings is 4. The molecule has 6 aromatic rings. The van der Waals surface area contributed by atoms with Gasteiger partial charge < -0.3 is 76.8 Å². The Morgan fingerprint density at radius 2 is 0.510 bits per heavy atom. The molecular formula is C112H162N12O23. The smallest absolute Gasteiger partial charge is 0.329 e. The van der Waals surface area contributed by atoms with Crippen LogP contribution in [-0.2, 0) is 149 Å². The van der Waals surface area contributed by atoms with E-state index in [2.05, 4.69) is 10.1 Å². The molecule has 2 fully saturated rings. The van der Waals surface area contributed by atoms with Gasteiger partial charge in [-0.05, 0) is 173 Å². The second kappa shape index (κ2) is 57.6. The highest BCUT2D eigenvalue weighted by Gasteiger charge is 2.47. The third-order valence-electron chi connectivity index (χ3n) is 26.2. The van der Waals surface area contributed by atoms with Crippen molar-refractivity contribution in [2.45, 2.75) is 326 Å². The van der Waals surface area contributed by atoms with Gasteiger partial charge in [0.1, 0.15) is 54.4 Å². The number of cyclic esters (lactones) is 8. The zero-order valence-electron chi connectivity index (χ0n) is 91.6. The molecule has 4 aromatic carbocycles. The van der Waals surface area contributed by atoms with Crippen molar-refractivity contribution in [1.82, 2.24) is 58.5 Å². The molecule has 7 amide bonds. The highest BCUT2D eigenvalue weighted by molar-refractivity contribution is 5.96. The van der Waals surface area contributed by atoms with E-state index in [0.717, 1.165) is 36.3 Å². The number of nitrogens with zero attached hydrogens (tertiary/aromatic N) is 12. The molecule has 8 rings (SSSR count). The van der Waals surface area contributed by atoms with Crippen molar-refractivity contribution < 1.29 is 110 Å². The average Bonchev–Trinajstić information content (AvgIpc) is 1.17. The van der Waals surface area contributed by atoms with Gasteiger partial charge in [-0.15, -0.1) is 0 Å². The molecule has 0 bridgehead atoms. The highest BCUT2D eigenvalue weighted by atomic mass is 16.6. The monoisotopic (exact) mass is 2040 g/mol. The number of esters is 8. The molecule has 35 nitrogen and oxygen atoms in total. The van der Waals surface area contributed by atoms with E-state index in [1.807, 2.05) is 176 Å². The van der Waals surface area contributed by atoms with E-state index in [9.17, 15) is 71.9 Å². The van der Waals surface area contributed by atoms with Crippen molar-refractivity contribution in [3.05, 3.63) is 180 Å². The predicted octanol–water partition coefficient (Wildman–Crippen LogP) is 12.3. The Balaban J connectivity index is 0.000000398. The summed E-state index contributed by atoms with van der Waals surface area (Å²) in [6.45, 7) is 36.8. The van der Waals surface area contributed by atoms with Gasteiger partial charge in [-0.2, -0.15) is 5.10 Å². The van der Waals surface area contributed by atoms with Crippen molar-refractivity contribution in [3.8, 4) is 0 Å². The fourth-order valence-electron chi connectivity index (χ4n) is 17.9. The third kappa shape index (κ3) is 37.0. The Morgan fingerprint density at radius 1 is 0.265 bits per heavy atom. The van der Waals surface area contributed by atoms with Crippen LogP contribution in [0, 0.1) is 47.3 Å². The number of hydrogen-bond acceptors (Lipinski definition) is 26. The van der Waals surface area contributed by atoms with Crippen LogP contribution < -0.4 is 0 Å². The highest BCUT2D eigenvalue weighted by Crippen LogP contribution is 2.30. The SMILES string of the molecule is CC(C)C[C@H]1C(=O)O[C@H](C)C(=O)N(C)[C@@H](CC(C)C)C(=O)O[C@H](Cc2ccccc2)C(=O)N(C)[C@@H](CC(C)C)C(=O)O[C@H](C)C(=O)N(C)[C@@H](CC(C)C)C(=O)O[C@H](Cc2ccc(Cn3ccnc3)cc2)CN1C.CC(C)C[C@H]1C(=O)O[C@H](Cc2ccc(Cn3cccn3)cc2)C(=O)N(C)[C@@H](CC(C)C)C(=O)O[C@H](C)C(=O)N(C)[C@@H](CC(C)C)C(=O)O[C@H](Cc2ccccc2)C(=O)N(C)[C@@H](CC(C)C)C(=O)O[C@H](C)C(=O)N1C. The van der Waals surface area contributed by atoms with Gasteiger partial charge in [0.05, 0.1) is 12.9 Å².